The van der Waals surface area contributed by atoms with E-state index in [1.165, 1.54) is 0 Å². The molecule has 1 atom stereocenters. The fourth-order valence-corrected chi connectivity index (χ4v) is 2.89. The number of hydrogen-bond acceptors (Lipinski definition) is 4. The summed E-state index contributed by atoms with van der Waals surface area (Å²) in [6.07, 6.45) is 2.12. The Labute approximate surface area is 110 Å². The van der Waals surface area contributed by atoms with Crippen molar-refractivity contribution >= 4 is 16.8 Å². The Balaban J connectivity index is 2.22. The molecule has 0 heterocycles. The molecule has 1 aliphatic carbocycles. The summed E-state index contributed by atoms with van der Waals surface area (Å²) in [4.78, 5) is 10.8. The molecule has 0 amide bonds. The van der Waals surface area contributed by atoms with Crippen molar-refractivity contribution in [1.82, 2.24) is 5.32 Å². The van der Waals surface area contributed by atoms with Gasteiger partial charge in [0, 0.05) is 35.4 Å². The third kappa shape index (κ3) is 5.04. The Kier molecular flexibility index (Phi) is 6.25. The minimum absolute atomic E-state index is 0.308. The van der Waals surface area contributed by atoms with E-state index in [1.54, 1.807) is 0 Å². The van der Waals surface area contributed by atoms with Gasteiger partial charge in [-0.2, -0.15) is 0 Å². The number of carboxylic acid groups (broad SMARTS) is 1. The molecule has 0 bridgehead atoms. The van der Waals surface area contributed by atoms with Crippen molar-refractivity contribution < 1.29 is 19.2 Å². The molecule has 0 saturated heterocycles. The summed E-state index contributed by atoms with van der Waals surface area (Å²) >= 11 is 0. The fraction of sp³-hybridized carbons (Fsp3) is 0.917. The maximum atomic E-state index is 11.2. The summed E-state index contributed by atoms with van der Waals surface area (Å²) in [6, 6.07) is 0. The molecule has 1 aliphatic rings. The van der Waals surface area contributed by atoms with E-state index in [0.29, 0.717) is 50.3 Å². The molecule has 0 aliphatic heterocycles. The zero-order valence-electron chi connectivity index (χ0n) is 10.9. The standard InChI is InChI=1S/C12H23NO4S/c1-2-18(17)8-7-13-9-12(16)5-3-10(4-6-12)11(14)15/h10,13,16H,2-9H2,1H3,(H,14,15). The molecule has 1 unspecified atom stereocenters. The van der Waals surface area contributed by atoms with Crippen LogP contribution in [0.25, 0.3) is 0 Å². The fourth-order valence-electron chi connectivity index (χ4n) is 2.23. The second kappa shape index (κ2) is 7.21. The Morgan fingerprint density at radius 3 is 2.56 bits per heavy atom. The average Bonchev–Trinajstić information content (AvgIpc) is 2.35. The van der Waals surface area contributed by atoms with Crippen molar-refractivity contribution in [2.75, 3.05) is 24.6 Å². The minimum Gasteiger partial charge on any atom is -0.481 e. The van der Waals surface area contributed by atoms with E-state index in [9.17, 15) is 14.1 Å². The normalized spacial score (nSPS) is 30.0. The summed E-state index contributed by atoms with van der Waals surface area (Å²) in [6.45, 7) is 2.97. The van der Waals surface area contributed by atoms with Gasteiger partial charge in [0.1, 0.15) is 0 Å². The van der Waals surface area contributed by atoms with E-state index in [4.69, 9.17) is 5.11 Å². The maximum Gasteiger partial charge on any atom is 0.306 e. The largest absolute Gasteiger partial charge is 0.481 e. The van der Waals surface area contributed by atoms with E-state index < -0.39 is 22.4 Å². The second-order valence-corrected chi connectivity index (χ2v) is 6.81. The molecule has 0 spiro atoms. The molecule has 0 aromatic carbocycles. The molecule has 1 rings (SSSR count). The van der Waals surface area contributed by atoms with Crippen LogP contribution in [0.4, 0.5) is 0 Å². The summed E-state index contributed by atoms with van der Waals surface area (Å²) in [5.74, 6) is 0.192. The van der Waals surface area contributed by atoms with Crippen molar-refractivity contribution in [3.63, 3.8) is 0 Å². The van der Waals surface area contributed by atoms with Crippen LogP contribution in [0.15, 0.2) is 0 Å². The lowest BCUT2D eigenvalue weighted by Gasteiger charge is -2.34. The average molecular weight is 277 g/mol. The van der Waals surface area contributed by atoms with Gasteiger partial charge in [0.25, 0.3) is 0 Å². The highest BCUT2D eigenvalue weighted by molar-refractivity contribution is 7.84. The lowest BCUT2D eigenvalue weighted by atomic mass is 9.79. The molecule has 6 heteroatoms. The number of nitrogens with one attached hydrogen (secondary N) is 1. The van der Waals surface area contributed by atoms with Gasteiger partial charge in [-0.05, 0) is 25.7 Å². The molecule has 0 aromatic heterocycles. The number of aliphatic carboxylic acids is 1. The zero-order valence-corrected chi connectivity index (χ0v) is 11.7. The number of rotatable bonds is 7. The van der Waals surface area contributed by atoms with Gasteiger partial charge in [-0.1, -0.05) is 6.92 Å². The molecule has 0 aromatic rings. The van der Waals surface area contributed by atoms with Crippen molar-refractivity contribution in [3.05, 3.63) is 0 Å². The van der Waals surface area contributed by atoms with Crippen molar-refractivity contribution in [1.29, 1.82) is 0 Å². The first kappa shape index (κ1) is 15.6. The van der Waals surface area contributed by atoms with E-state index in [0.717, 1.165) is 0 Å². The molecule has 1 fully saturated rings. The first-order chi connectivity index (χ1) is 8.47. The molecular weight excluding hydrogens is 254 g/mol. The highest BCUT2D eigenvalue weighted by Gasteiger charge is 2.35. The van der Waals surface area contributed by atoms with Crippen molar-refractivity contribution in [2.24, 2.45) is 5.92 Å². The molecule has 106 valence electrons. The van der Waals surface area contributed by atoms with Gasteiger partial charge in [-0.15, -0.1) is 0 Å². The van der Waals surface area contributed by atoms with Crippen molar-refractivity contribution in [2.45, 2.75) is 38.2 Å². The van der Waals surface area contributed by atoms with Crippen LogP contribution in [0.5, 0.6) is 0 Å². The Bertz CT molecular complexity index is 300. The minimum atomic E-state index is -0.792. The molecule has 3 N–H and O–H groups in total. The van der Waals surface area contributed by atoms with Gasteiger partial charge in [-0.25, -0.2) is 0 Å². The predicted molar refractivity (Wildman–Crippen MR) is 71.0 cm³/mol. The summed E-state index contributed by atoms with van der Waals surface area (Å²) < 4.78 is 11.2. The van der Waals surface area contributed by atoms with E-state index in [-0.39, 0.29) is 5.92 Å². The quantitative estimate of drug-likeness (QED) is 0.585. The molecular formula is C12H23NO4S. The second-order valence-electron chi connectivity index (χ2n) is 4.95. The first-order valence-corrected chi connectivity index (χ1v) is 7.96. The van der Waals surface area contributed by atoms with E-state index >= 15 is 0 Å². The van der Waals surface area contributed by atoms with Crippen LogP contribution < -0.4 is 5.32 Å². The Morgan fingerprint density at radius 1 is 1.44 bits per heavy atom. The van der Waals surface area contributed by atoms with Crippen LogP contribution in [0.3, 0.4) is 0 Å². The summed E-state index contributed by atoms with van der Waals surface area (Å²) in [7, 11) is -0.781. The van der Waals surface area contributed by atoms with Gasteiger partial charge in [0.05, 0.1) is 11.5 Å². The third-order valence-electron chi connectivity index (χ3n) is 3.55. The van der Waals surface area contributed by atoms with Gasteiger partial charge >= 0.3 is 5.97 Å². The molecule has 18 heavy (non-hydrogen) atoms. The lowest BCUT2D eigenvalue weighted by molar-refractivity contribution is -0.144. The third-order valence-corrected chi connectivity index (χ3v) is 4.85. The topological polar surface area (TPSA) is 86.6 Å². The zero-order chi connectivity index (χ0) is 13.6. The predicted octanol–water partition coefficient (Wildman–Crippen LogP) is 0.350. The maximum absolute atomic E-state index is 11.2. The molecule has 1 saturated carbocycles. The highest BCUT2D eigenvalue weighted by atomic mass is 32.2. The van der Waals surface area contributed by atoms with Gasteiger partial charge < -0.3 is 15.5 Å². The monoisotopic (exact) mass is 277 g/mol. The van der Waals surface area contributed by atoms with Crippen LogP contribution in [-0.4, -0.2) is 50.6 Å². The van der Waals surface area contributed by atoms with Crippen LogP contribution in [0, 0.1) is 5.92 Å². The van der Waals surface area contributed by atoms with Gasteiger partial charge in [-0.3, -0.25) is 9.00 Å². The number of hydrogen-bond donors (Lipinski definition) is 3. The van der Waals surface area contributed by atoms with Crippen LogP contribution >= 0.6 is 0 Å². The number of carbonyl (C=O) groups is 1. The smallest absolute Gasteiger partial charge is 0.306 e. The summed E-state index contributed by atoms with van der Waals surface area (Å²) in [5.41, 5.74) is -0.792. The first-order valence-electron chi connectivity index (χ1n) is 6.48. The van der Waals surface area contributed by atoms with Crippen LogP contribution in [0.1, 0.15) is 32.6 Å². The van der Waals surface area contributed by atoms with E-state index in [1.807, 2.05) is 6.92 Å². The Hall–Kier alpha value is -0.460. The number of carboxylic acids is 1. The van der Waals surface area contributed by atoms with E-state index in [2.05, 4.69) is 5.32 Å². The Morgan fingerprint density at radius 2 is 2.06 bits per heavy atom. The molecule has 0 radical (unpaired) electrons. The lowest BCUT2D eigenvalue weighted by Crippen LogP contribution is -2.45. The van der Waals surface area contributed by atoms with Gasteiger partial charge in [0.15, 0.2) is 0 Å². The van der Waals surface area contributed by atoms with Gasteiger partial charge in [0.2, 0.25) is 0 Å². The number of aliphatic hydroxyl groups is 1. The summed E-state index contributed by atoms with van der Waals surface area (Å²) in [5, 5.41) is 22.3. The van der Waals surface area contributed by atoms with Crippen LogP contribution in [-0.2, 0) is 15.6 Å². The van der Waals surface area contributed by atoms with Crippen molar-refractivity contribution in [3.8, 4) is 0 Å². The van der Waals surface area contributed by atoms with Crippen LogP contribution in [0.2, 0.25) is 0 Å². The SMILES string of the molecule is CCS(=O)CCNCC1(O)CCC(C(=O)O)CC1. The molecule has 5 nitrogen and oxygen atoms in total. The highest BCUT2D eigenvalue weighted by Crippen LogP contribution is 2.31.